The molecule has 0 bridgehead atoms. The van der Waals surface area contributed by atoms with Gasteiger partial charge in [-0.05, 0) is 19.1 Å². The quantitative estimate of drug-likeness (QED) is 0.745. The Balaban J connectivity index is 2.02. The molecule has 0 unspecified atom stereocenters. The maximum absolute atomic E-state index is 5.27. The molecule has 0 saturated carbocycles. The summed E-state index contributed by atoms with van der Waals surface area (Å²) in [4.78, 5) is 0. The Morgan fingerprint density at radius 1 is 1.32 bits per heavy atom. The van der Waals surface area contributed by atoms with Crippen LogP contribution in [0.25, 0.3) is 11.4 Å². The van der Waals surface area contributed by atoms with Crippen molar-refractivity contribution in [1.29, 1.82) is 0 Å². The molecule has 19 heavy (non-hydrogen) atoms. The number of nitrogens with one attached hydrogen (secondary N) is 1. The normalized spacial score (nSPS) is 10.8. The lowest BCUT2D eigenvalue weighted by atomic mass is 10.2. The molecule has 0 aliphatic carbocycles. The van der Waals surface area contributed by atoms with Crippen LogP contribution in [-0.4, -0.2) is 19.9 Å². The number of benzene rings is 1. The third-order valence-electron chi connectivity index (χ3n) is 2.79. The fourth-order valence-corrected chi connectivity index (χ4v) is 2.12. The molecule has 0 amide bonds. The van der Waals surface area contributed by atoms with Crippen LogP contribution in [0.2, 0.25) is 0 Å². The summed E-state index contributed by atoms with van der Waals surface area (Å²) in [6.45, 7) is 2.40. The van der Waals surface area contributed by atoms with Crippen LogP contribution in [0.5, 0.6) is 0 Å². The number of hydrogen-bond acceptors (Lipinski definition) is 4. The van der Waals surface area contributed by atoms with Crippen LogP contribution in [-0.2, 0) is 6.54 Å². The Morgan fingerprint density at radius 2 is 2.11 bits per heavy atom. The van der Waals surface area contributed by atoms with Gasteiger partial charge in [0.2, 0.25) is 0 Å². The summed E-state index contributed by atoms with van der Waals surface area (Å²) < 4.78 is 7.54. The van der Waals surface area contributed by atoms with Crippen LogP contribution in [0.1, 0.15) is 11.5 Å². The molecule has 2 aromatic heterocycles. The Labute approximate surface area is 114 Å². The largest absolute Gasteiger partial charge is 0.361 e. The van der Waals surface area contributed by atoms with Gasteiger partial charge in [-0.25, -0.2) is 0 Å². The van der Waals surface area contributed by atoms with Gasteiger partial charge in [-0.2, -0.15) is 5.10 Å². The molecular weight excluding hydrogens is 260 g/mol. The third-order valence-corrected chi connectivity index (χ3v) is 3.10. The minimum absolute atomic E-state index is 0.539. The molecule has 0 spiro atoms. The topological polar surface area (TPSA) is 59.6 Å². The number of aromatic amines is 1. The summed E-state index contributed by atoms with van der Waals surface area (Å²) in [5, 5.41) is 11.1. The van der Waals surface area contributed by atoms with Gasteiger partial charge in [0.05, 0.1) is 6.54 Å². The van der Waals surface area contributed by atoms with Gasteiger partial charge in [-0.1, -0.05) is 35.5 Å². The highest BCUT2D eigenvalue weighted by Gasteiger charge is 2.10. The third kappa shape index (κ3) is 2.34. The zero-order valence-corrected chi connectivity index (χ0v) is 11.1. The number of H-pyrrole nitrogens is 1. The van der Waals surface area contributed by atoms with E-state index in [4.69, 9.17) is 16.7 Å². The molecule has 0 aliphatic heterocycles. The zero-order chi connectivity index (χ0) is 13.2. The fraction of sp³-hybridized carbons (Fsp3) is 0.154. The zero-order valence-electron chi connectivity index (χ0n) is 10.3. The van der Waals surface area contributed by atoms with E-state index in [0.29, 0.717) is 11.3 Å². The number of aromatic nitrogens is 4. The second-order valence-corrected chi connectivity index (χ2v) is 4.62. The van der Waals surface area contributed by atoms with E-state index in [2.05, 4.69) is 15.4 Å². The molecule has 3 aromatic rings. The molecule has 0 aliphatic rings. The Morgan fingerprint density at radius 3 is 2.79 bits per heavy atom. The average molecular weight is 272 g/mol. The standard InChI is InChI=1S/C13H12N4OS/c1-9-7-11(16-18-9)8-17-12(14-15-13(17)19)10-5-3-2-4-6-10/h2-7H,8H2,1H3,(H,15,19). The first-order chi connectivity index (χ1) is 9.24. The Kier molecular flexibility index (Phi) is 3.00. The van der Waals surface area contributed by atoms with Crippen LogP contribution < -0.4 is 0 Å². The van der Waals surface area contributed by atoms with Gasteiger partial charge in [-0.15, -0.1) is 0 Å². The van der Waals surface area contributed by atoms with Crippen molar-refractivity contribution in [3.63, 3.8) is 0 Å². The fourth-order valence-electron chi connectivity index (χ4n) is 1.93. The summed E-state index contributed by atoms with van der Waals surface area (Å²) in [5.41, 5.74) is 1.84. The van der Waals surface area contributed by atoms with Gasteiger partial charge in [0.1, 0.15) is 11.5 Å². The molecule has 0 saturated heterocycles. The maximum atomic E-state index is 5.27. The van der Waals surface area contributed by atoms with Gasteiger partial charge in [0.15, 0.2) is 10.6 Å². The van der Waals surface area contributed by atoms with Crippen molar-refractivity contribution in [3.05, 3.63) is 52.6 Å². The van der Waals surface area contributed by atoms with Crippen molar-refractivity contribution in [3.8, 4) is 11.4 Å². The summed E-state index contributed by atoms with van der Waals surface area (Å²) in [5.74, 6) is 1.58. The van der Waals surface area contributed by atoms with E-state index < -0.39 is 0 Å². The van der Waals surface area contributed by atoms with Gasteiger partial charge in [-0.3, -0.25) is 9.67 Å². The van der Waals surface area contributed by atoms with E-state index >= 15 is 0 Å². The molecule has 0 fully saturated rings. The molecule has 0 radical (unpaired) electrons. The molecule has 96 valence electrons. The maximum Gasteiger partial charge on any atom is 0.195 e. The highest BCUT2D eigenvalue weighted by Crippen LogP contribution is 2.18. The molecule has 3 rings (SSSR count). The van der Waals surface area contributed by atoms with Gasteiger partial charge >= 0.3 is 0 Å². The summed E-state index contributed by atoms with van der Waals surface area (Å²) in [6.07, 6.45) is 0. The lowest BCUT2D eigenvalue weighted by Gasteiger charge is -2.04. The minimum Gasteiger partial charge on any atom is -0.361 e. The molecule has 6 heteroatoms. The van der Waals surface area contributed by atoms with Crippen molar-refractivity contribution in [2.45, 2.75) is 13.5 Å². The molecule has 0 atom stereocenters. The van der Waals surface area contributed by atoms with Gasteiger partial charge in [0, 0.05) is 11.6 Å². The van der Waals surface area contributed by atoms with Crippen LogP contribution in [0.3, 0.4) is 0 Å². The van der Waals surface area contributed by atoms with Crippen molar-refractivity contribution in [2.75, 3.05) is 0 Å². The second kappa shape index (κ2) is 4.81. The summed E-state index contributed by atoms with van der Waals surface area (Å²) in [6, 6.07) is 11.8. The second-order valence-electron chi connectivity index (χ2n) is 4.23. The Bertz CT molecular complexity index is 741. The average Bonchev–Trinajstić information content (AvgIpc) is 2.99. The van der Waals surface area contributed by atoms with E-state index in [9.17, 15) is 0 Å². The SMILES string of the molecule is Cc1cc(Cn2c(-c3ccccc3)n[nH]c2=S)no1. The molecule has 2 heterocycles. The van der Waals surface area contributed by atoms with E-state index in [1.54, 1.807) is 0 Å². The highest BCUT2D eigenvalue weighted by atomic mass is 32.1. The van der Waals surface area contributed by atoms with E-state index in [1.165, 1.54) is 0 Å². The number of hydrogen-bond donors (Lipinski definition) is 1. The highest BCUT2D eigenvalue weighted by molar-refractivity contribution is 7.71. The van der Waals surface area contributed by atoms with Crippen molar-refractivity contribution < 1.29 is 4.52 Å². The lowest BCUT2D eigenvalue weighted by molar-refractivity contribution is 0.389. The van der Waals surface area contributed by atoms with Crippen LogP contribution >= 0.6 is 12.2 Å². The first-order valence-corrected chi connectivity index (χ1v) is 6.27. The van der Waals surface area contributed by atoms with Crippen LogP contribution in [0.15, 0.2) is 40.9 Å². The van der Waals surface area contributed by atoms with E-state index in [0.717, 1.165) is 22.8 Å². The van der Waals surface area contributed by atoms with Crippen molar-refractivity contribution in [1.82, 2.24) is 19.9 Å². The first kappa shape index (κ1) is 11.9. The molecule has 5 nitrogen and oxygen atoms in total. The van der Waals surface area contributed by atoms with Crippen molar-refractivity contribution in [2.24, 2.45) is 0 Å². The summed E-state index contributed by atoms with van der Waals surface area (Å²) >= 11 is 5.27. The number of nitrogens with zero attached hydrogens (tertiary/aromatic N) is 3. The Hall–Kier alpha value is -2.21. The molecular formula is C13H12N4OS. The predicted molar refractivity (Wildman–Crippen MR) is 73.2 cm³/mol. The number of aryl methyl sites for hydroxylation is 1. The van der Waals surface area contributed by atoms with Crippen molar-refractivity contribution >= 4 is 12.2 Å². The predicted octanol–water partition coefficient (Wildman–Crippen LogP) is 2.95. The number of rotatable bonds is 3. The van der Waals surface area contributed by atoms with Crippen LogP contribution in [0, 0.1) is 11.7 Å². The smallest absolute Gasteiger partial charge is 0.195 e. The van der Waals surface area contributed by atoms with Crippen LogP contribution in [0.4, 0.5) is 0 Å². The van der Waals surface area contributed by atoms with Gasteiger partial charge in [0.25, 0.3) is 0 Å². The summed E-state index contributed by atoms with van der Waals surface area (Å²) in [7, 11) is 0. The lowest BCUT2D eigenvalue weighted by Crippen LogP contribution is -2.02. The minimum atomic E-state index is 0.539. The molecule has 1 aromatic carbocycles. The van der Waals surface area contributed by atoms with Gasteiger partial charge < -0.3 is 4.52 Å². The van der Waals surface area contributed by atoms with E-state index in [1.807, 2.05) is 47.9 Å². The van der Waals surface area contributed by atoms with E-state index in [-0.39, 0.29) is 0 Å². The molecule has 1 N–H and O–H groups in total. The first-order valence-electron chi connectivity index (χ1n) is 5.87. The monoisotopic (exact) mass is 272 g/mol.